The lowest BCUT2D eigenvalue weighted by atomic mass is 10.0. The molecule has 0 radical (unpaired) electrons. The molecule has 1 saturated heterocycles. The van der Waals surface area contributed by atoms with E-state index in [-0.39, 0.29) is 36.2 Å². The van der Waals surface area contributed by atoms with Crippen LogP contribution in [0.4, 0.5) is 14.9 Å². The third-order valence-electron chi connectivity index (χ3n) is 6.46. The van der Waals surface area contributed by atoms with E-state index in [0.29, 0.717) is 16.3 Å². The van der Waals surface area contributed by atoms with E-state index in [0.717, 1.165) is 4.70 Å². The fourth-order valence-corrected chi connectivity index (χ4v) is 5.59. The third kappa shape index (κ3) is 4.37. The number of thiazole rings is 1. The Labute approximate surface area is 215 Å². The standard InChI is InChI=1S/C25H24FN5O5S/c1-25(2,23-29-20-16(36-3)5-4-6-17(20)37-23)30-24(35)27-14-8-7-12-13(19(14)26)11-31(22(12)34)15-9-10-18(32)28-21(15)33/h4-8,15H,9-11H2,1-3H3,(H2,27,30,35)(H,28,32,33). The lowest BCUT2D eigenvalue weighted by molar-refractivity contribution is -0.136. The highest BCUT2D eigenvalue weighted by molar-refractivity contribution is 7.18. The van der Waals surface area contributed by atoms with Crippen molar-refractivity contribution in [2.45, 2.75) is 44.8 Å². The van der Waals surface area contributed by atoms with Gasteiger partial charge in [0, 0.05) is 17.5 Å². The third-order valence-corrected chi connectivity index (χ3v) is 7.80. The minimum absolute atomic E-state index is 0.0880. The molecule has 1 fully saturated rings. The summed E-state index contributed by atoms with van der Waals surface area (Å²) < 4.78 is 21.7. The number of carbonyl (C=O) groups is 4. The van der Waals surface area contributed by atoms with Crippen LogP contribution in [0.1, 0.15) is 47.6 Å². The number of hydrogen-bond donors (Lipinski definition) is 3. The van der Waals surface area contributed by atoms with Gasteiger partial charge in [-0.15, -0.1) is 11.3 Å². The van der Waals surface area contributed by atoms with Gasteiger partial charge in [0.1, 0.15) is 22.3 Å². The molecule has 0 aliphatic carbocycles. The predicted octanol–water partition coefficient (Wildman–Crippen LogP) is 3.26. The molecule has 12 heteroatoms. The molecule has 0 saturated carbocycles. The molecule has 5 rings (SSSR count). The van der Waals surface area contributed by atoms with E-state index in [1.165, 1.54) is 28.4 Å². The molecule has 2 aliphatic heterocycles. The summed E-state index contributed by atoms with van der Waals surface area (Å²) in [5.74, 6) is -1.60. The number of ether oxygens (including phenoxy) is 1. The van der Waals surface area contributed by atoms with E-state index in [9.17, 15) is 19.2 Å². The highest BCUT2D eigenvalue weighted by Gasteiger charge is 2.40. The minimum atomic E-state index is -0.884. The topological polar surface area (TPSA) is 130 Å². The van der Waals surface area contributed by atoms with Gasteiger partial charge in [-0.1, -0.05) is 6.07 Å². The molecule has 0 bridgehead atoms. The van der Waals surface area contributed by atoms with Crippen LogP contribution in [-0.2, 0) is 21.7 Å². The van der Waals surface area contributed by atoms with Gasteiger partial charge in [0.25, 0.3) is 5.91 Å². The van der Waals surface area contributed by atoms with Crippen LogP contribution >= 0.6 is 11.3 Å². The molecule has 0 spiro atoms. The van der Waals surface area contributed by atoms with Crippen LogP contribution in [0.2, 0.25) is 0 Å². The van der Waals surface area contributed by atoms with Crippen molar-refractivity contribution in [3.05, 3.63) is 52.3 Å². The van der Waals surface area contributed by atoms with E-state index >= 15 is 4.39 Å². The van der Waals surface area contributed by atoms with Crippen LogP contribution < -0.4 is 20.7 Å². The number of amides is 5. The molecule has 192 valence electrons. The highest BCUT2D eigenvalue weighted by atomic mass is 32.1. The van der Waals surface area contributed by atoms with E-state index < -0.39 is 41.2 Å². The first-order chi connectivity index (χ1) is 17.6. The summed E-state index contributed by atoms with van der Waals surface area (Å²) in [5.41, 5.74) is -0.0853. The lowest BCUT2D eigenvalue weighted by Gasteiger charge is -2.29. The smallest absolute Gasteiger partial charge is 0.320 e. The van der Waals surface area contributed by atoms with Crippen molar-refractivity contribution in [2.75, 3.05) is 12.4 Å². The van der Waals surface area contributed by atoms with Crippen molar-refractivity contribution < 1.29 is 28.3 Å². The molecule has 37 heavy (non-hydrogen) atoms. The predicted molar refractivity (Wildman–Crippen MR) is 134 cm³/mol. The largest absolute Gasteiger partial charge is 0.494 e. The normalized spacial score (nSPS) is 17.6. The molecule has 2 aliphatic rings. The number of carbonyl (C=O) groups excluding carboxylic acids is 4. The van der Waals surface area contributed by atoms with Crippen molar-refractivity contribution >= 4 is 51.0 Å². The minimum Gasteiger partial charge on any atom is -0.494 e. The zero-order chi connectivity index (χ0) is 26.5. The maximum atomic E-state index is 15.4. The van der Waals surface area contributed by atoms with Crippen molar-refractivity contribution in [3.63, 3.8) is 0 Å². The summed E-state index contributed by atoms with van der Waals surface area (Å²) in [5, 5.41) is 8.20. The number of para-hydroxylation sites is 1. The Bertz CT molecular complexity index is 1470. The maximum absolute atomic E-state index is 15.4. The molecule has 3 N–H and O–H groups in total. The molecule has 1 unspecified atom stereocenters. The Morgan fingerprint density at radius 2 is 2.03 bits per heavy atom. The first-order valence-electron chi connectivity index (χ1n) is 11.6. The molecular weight excluding hydrogens is 501 g/mol. The first-order valence-corrected chi connectivity index (χ1v) is 12.4. The number of urea groups is 1. The van der Waals surface area contributed by atoms with Crippen LogP contribution in [0, 0.1) is 5.82 Å². The first kappa shape index (κ1) is 24.6. The van der Waals surface area contributed by atoms with Crippen LogP contribution in [0.3, 0.4) is 0 Å². The van der Waals surface area contributed by atoms with Gasteiger partial charge in [-0.05, 0) is 44.5 Å². The number of piperidine rings is 1. The van der Waals surface area contributed by atoms with E-state index in [2.05, 4.69) is 20.9 Å². The van der Waals surface area contributed by atoms with E-state index in [4.69, 9.17) is 4.74 Å². The Hall–Kier alpha value is -4.06. The van der Waals surface area contributed by atoms with E-state index in [1.807, 2.05) is 18.2 Å². The number of rotatable bonds is 5. The molecule has 2 aromatic carbocycles. The average Bonchev–Trinajstić information content (AvgIpc) is 3.43. The Morgan fingerprint density at radius 1 is 1.24 bits per heavy atom. The van der Waals surface area contributed by atoms with Gasteiger partial charge in [0.05, 0.1) is 29.6 Å². The molecule has 3 heterocycles. The SMILES string of the molecule is COc1cccc2sc(C(C)(C)NC(=O)Nc3ccc4c(c3F)CN(C3CCC(=O)NC3=O)C4=O)nc12. The molecule has 3 aromatic rings. The Morgan fingerprint density at radius 3 is 2.76 bits per heavy atom. The quantitative estimate of drug-likeness (QED) is 0.439. The monoisotopic (exact) mass is 525 g/mol. The summed E-state index contributed by atoms with van der Waals surface area (Å²) in [4.78, 5) is 55.3. The highest BCUT2D eigenvalue weighted by Crippen LogP contribution is 2.35. The van der Waals surface area contributed by atoms with Gasteiger partial charge in [-0.3, -0.25) is 19.7 Å². The average molecular weight is 526 g/mol. The van der Waals surface area contributed by atoms with Crippen molar-refractivity contribution in [2.24, 2.45) is 0 Å². The molecule has 5 amide bonds. The van der Waals surface area contributed by atoms with Gasteiger partial charge in [0.2, 0.25) is 11.8 Å². The second-order valence-corrected chi connectivity index (χ2v) is 10.4. The van der Waals surface area contributed by atoms with Crippen LogP contribution in [-0.4, -0.2) is 46.8 Å². The zero-order valence-electron chi connectivity index (χ0n) is 20.3. The summed E-state index contributed by atoms with van der Waals surface area (Å²) >= 11 is 1.41. The summed E-state index contributed by atoms with van der Waals surface area (Å²) in [6, 6.07) is 6.81. The number of aromatic nitrogens is 1. The Kier molecular flexibility index (Phi) is 6.06. The zero-order valence-corrected chi connectivity index (χ0v) is 21.1. The van der Waals surface area contributed by atoms with Crippen LogP contribution in [0.15, 0.2) is 30.3 Å². The number of fused-ring (bicyclic) bond motifs is 2. The lowest BCUT2D eigenvalue weighted by Crippen LogP contribution is -2.52. The molecule has 1 atom stereocenters. The second-order valence-electron chi connectivity index (χ2n) is 9.38. The van der Waals surface area contributed by atoms with Gasteiger partial charge >= 0.3 is 6.03 Å². The Balaban J connectivity index is 1.32. The fourth-order valence-electron chi connectivity index (χ4n) is 4.55. The van der Waals surface area contributed by atoms with Crippen LogP contribution in [0.25, 0.3) is 10.2 Å². The molecule has 1 aromatic heterocycles. The summed E-state index contributed by atoms with van der Waals surface area (Å²) in [7, 11) is 1.56. The number of anilines is 1. The van der Waals surface area contributed by atoms with Gasteiger partial charge < -0.3 is 20.3 Å². The van der Waals surface area contributed by atoms with Gasteiger partial charge in [0.15, 0.2) is 5.82 Å². The van der Waals surface area contributed by atoms with Crippen molar-refractivity contribution in [1.29, 1.82) is 0 Å². The van der Waals surface area contributed by atoms with Gasteiger partial charge in [-0.2, -0.15) is 0 Å². The fraction of sp³-hybridized carbons (Fsp3) is 0.320. The van der Waals surface area contributed by atoms with Crippen molar-refractivity contribution in [1.82, 2.24) is 20.5 Å². The summed E-state index contributed by atoms with van der Waals surface area (Å²) in [6.07, 6.45) is 0.273. The van der Waals surface area contributed by atoms with Crippen molar-refractivity contribution in [3.8, 4) is 5.75 Å². The summed E-state index contributed by atoms with van der Waals surface area (Å²) in [6.45, 7) is 3.43. The number of halogens is 1. The number of nitrogens with one attached hydrogen (secondary N) is 3. The number of imide groups is 1. The number of hydrogen-bond acceptors (Lipinski definition) is 7. The molecular formula is C25H24FN5O5S. The maximum Gasteiger partial charge on any atom is 0.320 e. The second kappa shape index (κ2) is 9.11. The molecule has 10 nitrogen and oxygen atoms in total. The number of nitrogens with zero attached hydrogens (tertiary/aromatic N) is 2. The van der Waals surface area contributed by atoms with E-state index in [1.54, 1.807) is 21.0 Å². The van der Waals surface area contributed by atoms with Crippen LogP contribution in [0.5, 0.6) is 5.75 Å². The van der Waals surface area contributed by atoms with Gasteiger partial charge in [-0.25, -0.2) is 14.2 Å². The number of methoxy groups -OCH3 is 1. The number of benzene rings is 2.